The molecule has 0 spiro atoms. The summed E-state index contributed by atoms with van der Waals surface area (Å²) >= 11 is 0. The number of alkyl halides is 3. The fourth-order valence-corrected chi connectivity index (χ4v) is 1.04. The number of rotatable bonds is 0. The Kier molecular flexibility index (Phi) is 5.02. The van der Waals surface area contributed by atoms with E-state index in [9.17, 15) is 18.3 Å². The zero-order chi connectivity index (χ0) is 12.1. The number of carboxylic acids is 1. The topological polar surface area (TPSA) is 69.6 Å². The Hall–Kier alpha value is -0.820. The van der Waals surface area contributed by atoms with Crippen LogP contribution in [0.15, 0.2) is 0 Å². The van der Waals surface area contributed by atoms with E-state index in [-0.39, 0.29) is 0 Å². The standard InChI is InChI=1S/C6H13NO.C2HF3O2/c1-6(8)3-2-4-7-5-6;3-2(4,5)1(6)7/h7-8H,2-5H2,1H3;(H,6,7). The van der Waals surface area contributed by atoms with Gasteiger partial charge in [-0.2, -0.15) is 13.2 Å². The van der Waals surface area contributed by atoms with Crippen LogP contribution in [0.3, 0.4) is 0 Å². The Morgan fingerprint density at radius 3 is 2.07 bits per heavy atom. The summed E-state index contributed by atoms with van der Waals surface area (Å²) in [6.07, 6.45) is -3.03. The molecule has 1 aliphatic heterocycles. The highest BCUT2D eigenvalue weighted by Gasteiger charge is 2.38. The largest absolute Gasteiger partial charge is 0.490 e. The van der Waals surface area contributed by atoms with Gasteiger partial charge in [-0.05, 0) is 26.3 Å². The summed E-state index contributed by atoms with van der Waals surface area (Å²) < 4.78 is 31.7. The summed E-state index contributed by atoms with van der Waals surface area (Å²) in [6.45, 7) is 3.70. The van der Waals surface area contributed by atoms with Crippen LogP contribution in [0.25, 0.3) is 0 Å². The highest BCUT2D eigenvalue weighted by atomic mass is 19.4. The molecule has 1 heterocycles. The molecule has 1 saturated heterocycles. The van der Waals surface area contributed by atoms with Gasteiger partial charge >= 0.3 is 12.1 Å². The second-order valence-electron chi connectivity index (χ2n) is 3.58. The van der Waals surface area contributed by atoms with Gasteiger partial charge in [0.05, 0.1) is 5.60 Å². The van der Waals surface area contributed by atoms with Gasteiger partial charge in [-0.3, -0.25) is 0 Å². The summed E-state index contributed by atoms with van der Waals surface area (Å²) in [5.41, 5.74) is -0.432. The summed E-state index contributed by atoms with van der Waals surface area (Å²) in [4.78, 5) is 8.90. The van der Waals surface area contributed by atoms with E-state index in [0.29, 0.717) is 0 Å². The lowest BCUT2D eigenvalue weighted by Gasteiger charge is -2.28. The van der Waals surface area contributed by atoms with Crippen LogP contribution in [-0.2, 0) is 4.79 Å². The lowest BCUT2D eigenvalue weighted by atomic mass is 9.97. The Morgan fingerprint density at radius 1 is 1.47 bits per heavy atom. The van der Waals surface area contributed by atoms with Gasteiger partial charge < -0.3 is 15.5 Å². The van der Waals surface area contributed by atoms with E-state index in [1.165, 1.54) is 0 Å². The third-order valence-electron chi connectivity index (χ3n) is 1.82. The van der Waals surface area contributed by atoms with E-state index >= 15 is 0 Å². The number of halogens is 3. The van der Waals surface area contributed by atoms with Gasteiger partial charge in [-0.25, -0.2) is 4.79 Å². The molecule has 1 fully saturated rings. The van der Waals surface area contributed by atoms with Gasteiger partial charge in [0, 0.05) is 6.54 Å². The first-order valence-electron chi connectivity index (χ1n) is 4.38. The van der Waals surface area contributed by atoms with E-state index in [1.54, 1.807) is 0 Å². The summed E-state index contributed by atoms with van der Waals surface area (Å²) in [7, 11) is 0. The summed E-state index contributed by atoms with van der Waals surface area (Å²) in [6, 6.07) is 0. The van der Waals surface area contributed by atoms with E-state index in [0.717, 1.165) is 25.9 Å². The number of hydrogen-bond donors (Lipinski definition) is 3. The quantitative estimate of drug-likeness (QED) is 0.573. The van der Waals surface area contributed by atoms with Crippen molar-refractivity contribution in [2.75, 3.05) is 13.1 Å². The maximum atomic E-state index is 10.6. The number of aliphatic carboxylic acids is 1. The smallest absolute Gasteiger partial charge is 0.475 e. The van der Waals surface area contributed by atoms with E-state index in [2.05, 4.69) is 5.32 Å². The van der Waals surface area contributed by atoms with Gasteiger partial charge in [-0.1, -0.05) is 0 Å². The molecule has 0 amide bonds. The normalized spacial score (nSPS) is 26.5. The minimum atomic E-state index is -5.08. The Labute approximate surface area is 85.1 Å². The van der Waals surface area contributed by atoms with E-state index in [4.69, 9.17) is 9.90 Å². The van der Waals surface area contributed by atoms with Crippen molar-refractivity contribution in [3.8, 4) is 0 Å². The average molecular weight is 229 g/mol. The first kappa shape index (κ1) is 14.2. The van der Waals surface area contributed by atoms with Crippen LogP contribution in [0.2, 0.25) is 0 Å². The predicted octanol–water partition coefficient (Wildman–Crippen LogP) is 0.754. The molecule has 90 valence electrons. The van der Waals surface area contributed by atoms with Crippen LogP contribution in [0, 0.1) is 0 Å². The maximum absolute atomic E-state index is 10.6. The molecule has 1 rings (SSSR count). The second kappa shape index (κ2) is 5.32. The molecule has 1 aliphatic rings. The molecule has 1 unspecified atom stereocenters. The van der Waals surface area contributed by atoms with Crippen LogP contribution in [0.5, 0.6) is 0 Å². The molecule has 0 aromatic carbocycles. The van der Waals surface area contributed by atoms with Crippen molar-refractivity contribution in [1.29, 1.82) is 0 Å². The molecular weight excluding hydrogens is 215 g/mol. The SMILES string of the molecule is CC1(O)CCCNC1.O=C(O)C(F)(F)F. The third kappa shape index (κ3) is 7.15. The third-order valence-corrected chi connectivity index (χ3v) is 1.82. The van der Waals surface area contributed by atoms with Crippen LogP contribution in [0.1, 0.15) is 19.8 Å². The van der Waals surface area contributed by atoms with Gasteiger partial charge in [0.1, 0.15) is 0 Å². The van der Waals surface area contributed by atoms with Crippen molar-refractivity contribution >= 4 is 5.97 Å². The number of nitrogens with one attached hydrogen (secondary N) is 1. The molecule has 15 heavy (non-hydrogen) atoms. The van der Waals surface area contributed by atoms with Crippen molar-refractivity contribution in [2.45, 2.75) is 31.5 Å². The number of β-amino-alcohol motifs (C(OH)–C–C–N with tert-alkyl or cyclic N) is 1. The Balaban J connectivity index is 0.000000265. The maximum Gasteiger partial charge on any atom is 0.490 e. The Morgan fingerprint density at radius 2 is 1.93 bits per heavy atom. The van der Waals surface area contributed by atoms with Gasteiger partial charge in [-0.15, -0.1) is 0 Å². The number of carboxylic acid groups (broad SMARTS) is 1. The lowest BCUT2D eigenvalue weighted by Crippen LogP contribution is -2.42. The van der Waals surface area contributed by atoms with Crippen molar-refractivity contribution < 1.29 is 28.2 Å². The molecule has 1 atom stereocenters. The first-order valence-corrected chi connectivity index (χ1v) is 4.38. The fraction of sp³-hybridized carbons (Fsp3) is 0.875. The van der Waals surface area contributed by atoms with Gasteiger partial charge in [0.25, 0.3) is 0 Å². The highest BCUT2D eigenvalue weighted by molar-refractivity contribution is 5.73. The van der Waals surface area contributed by atoms with Crippen molar-refractivity contribution in [2.24, 2.45) is 0 Å². The molecule has 0 saturated carbocycles. The molecule has 4 nitrogen and oxygen atoms in total. The second-order valence-corrected chi connectivity index (χ2v) is 3.58. The van der Waals surface area contributed by atoms with Crippen LogP contribution < -0.4 is 5.32 Å². The molecule has 0 bridgehead atoms. The zero-order valence-electron chi connectivity index (χ0n) is 8.26. The van der Waals surface area contributed by atoms with Crippen molar-refractivity contribution in [3.05, 3.63) is 0 Å². The fourth-order valence-electron chi connectivity index (χ4n) is 1.04. The molecule has 0 aliphatic carbocycles. The molecule has 0 aromatic rings. The zero-order valence-corrected chi connectivity index (χ0v) is 8.26. The van der Waals surface area contributed by atoms with Crippen LogP contribution >= 0.6 is 0 Å². The summed E-state index contributed by atoms with van der Waals surface area (Å²) in [5, 5.41) is 19.6. The van der Waals surface area contributed by atoms with Gasteiger partial charge in [0.15, 0.2) is 0 Å². The predicted molar refractivity (Wildman–Crippen MR) is 46.4 cm³/mol. The first-order chi connectivity index (χ1) is 6.65. The number of carbonyl (C=O) groups is 1. The number of piperidine rings is 1. The monoisotopic (exact) mass is 229 g/mol. The van der Waals surface area contributed by atoms with Crippen molar-refractivity contribution in [1.82, 2.24) is 5.32 Å². The van der Waals surface area contributed by atoms with Crippen LogP contribution in [0.4, 0.5) is 13.2 Å². The lowest BCUT2D eigenvalue weighted by molar-refractivity contribution is -0.192. The molecule has 0 aromatic heterocycles. The number of hydrogen-bond acceptors (Lipinski definition) is 3. The average Bonchev–Trinajstić information content (AvgIpc) is 2.02. The molecule has 3 N–H and O–H groups in total. The highest BCUT2D eigenvalue weighted by Crippen LogP contribution is 2.13. The molecule has 7 heteroatoms. The van der Waals surface area contributed by atoms with E-state index < -0.39 is 17.7 Å². The van der Waals surface area contributed by atoms with Crippen molar-refractivity contribution in [3.63, 3.8) is 0 Å². The molecule has 0 radical (unpaired) electrons. The minimum absolute atomic E-state index is 0.432. The van der Waals surface area contributed by atoms with E-state index in [1.807, 2.05) is 6.92 Å². The number of aliphatic hydroxyl groups is 1. The van der Waals surface area contributed by atoms with Gasteiger partial charge in [0.2, 0.25) is 0 Å². The van der Waals surface area contributed by atoms with Crippen LogP contribution in [-0.4, -0.2) is 41.0 Å². The Bertz CT molecular complexity index is 208. The summed E-state index contributed by atoms with van der Waals surface area (Å²) in [5.74, 6) is -2.76. The molecular formula is C8H14F3NO3. The minimum Gasteiger partial charge on any atom is -0.475 e.